The number of hydrogen-bond donors (Lipinski definition) is 2. The molecule has 3 rings (SSSR count). The van der Waals surface area contributed by atoms with Gasteiger partial charge in [-0.3, -0.25) is 4.79 Å². The first kappa shape index (κ1) is 21.3. The van der Waals surface area contributed by atoms with Gasteiger partial charge < -0.3 is 5.11 Å². The van der Waals surface area contributed by atoms with Crippen molar-refractivity contribution in [3.63, 3.8) is 0 Å². The molecule has 0 aliphatic rings. The SMILES string of the molecule is O=C(N/N=C/c1cccc(/C=C/CCCc2ccccc2)c1)c1ccc(O)c(Cl)c1. The molecule has 0 aromatic heterocycles. The minimum Gasteiger partial charge on any atom is -0.506 e. The Morgan fingerprint density at radius 1 is 1.00 bits per heavy atom. The van der Waals surface area contributed by atoms with E-state index in [9.17, 15) is 9.90 Å². The molecular weight excluding hydrogens is 396 g/mol. The van der Waals surface area contributed by atoms with Crippen molar-refractivity contribution in [2.24, 2.45) is 5.10 Å². The number of halogens is 1. The summed E-state index contributed by atoms with van der Waals surface area (Å²) in [6.07, 6.45) is 9.05. The summed E-state index contributed by atoms with van der Waals surface area (Å²) < 4.78 is 0. The van der Waals surface area contributed by atoms with Crippen molar-refractivity contribution in [3.05, 3.63) is 106 Å². The average Bonchev–Trinajstić information content (AvgIpc) is 2.76. The van der Waals surface area contributed by atoms with Crippen LogP contribution in [0.15, 0.2) is 84.0 Å². The van der Waals surface area contributed by atoms with Crippen LogP contribution in [-0.4, -0.2) is 17.2 Å². The lowest BCUT2D eigenvalue weighted by molar-refractivity contribution is 0.0955. The maximum Gasteiger partial charge on any atom is 0.271 e. The number of amides is 1. The van der Waals surface area contributed by atoms with Crippen LogP contribution in [0.25, 0.3) is 6.08 Å². The van der Waals surface area contributed by atoms with E-state index in [0.717, 1.165) is 30.4 Å². The first-order valence-electron chi connectivity index (χ1n) is 9.74. The number of aromatic hydroxyl groups is 1. The van der Waals surface area contributed by atoms with Crippen LogP contribution in [0.4, 0.5) is 0 Å². The number of hydrogen-bond acceptors (Lipinski definition) is 3. The second-order valence-corrected chi connectivity index (χ2v) is 7.22. The normalized spacial score (nSPS) is 11.2. The molecule has 0 fully saturated rings. The van der Waals surface area contributed by atoms with Crippen LogP contribution in [-0.2, 0) is 6.42 Å². The second-order valence-electron chi connectivity index (χ2n) is 6.82. The molecule has 0 atom stereocenters. The van der Waals surface area contributed by atoms with Crippen molar-refractivity contribution in [1.82, 2.24) is 5.43 Å². The van der Waals surface area contributed by atoms with Crippen molar-refractivity contribution >= 4 is 29.8 Å². The first-order chi connectivity index (χ1) is 14.6. The van der Waals surface area contributed by atoms with Gasteiger partial charge in [0.1, 0.15) is 5.75 Å². The molecule has 3 aromatic rings. The molecule has 0 saturated heterocycles. The molecule has 0 unspecified atom stereocenters. The van der Waals surface area contributed by atoms with Crippen LogP contribution in [0.2, 0.25) is 5.02 Å². The Bertz CT molecular complexity index is 1050. The second kappa shape index (κ2) is 11.0. The van der Waals surface area contributed by atoms with Gasteiger partial charge >= 0.3 is 0 Å². The van der Waals surface area contributed by atoms with E-state index in [1.165, 1.54) is 23.8 Å². The Hall–Kier alpha value is -3.37. The molecule has 1 amide bonds. The fourth-order valence-corrected chi connectivity index (χ4v) is 3.09. The van der Waals surface area contributed by atoms with Gasteiger partial charge in [-0.25, -0.2) is 5.43 Å². The van der Waals surface area contributed by atoms with E-state index in [4.69, 9.17) is 11.6 Å². The quantitative estimate of drug-likeness (QED) is 0.274. The van der Waals surface area contributed by atoms with Crippen LogP contribution in [0.3, 0.4) is 0 Å². The van der Waals surface area contributed by atoms with Crippen LogP contribution >= 0.6 is 11.6 Å². The van der Waals surface area contributed by atoms with Crippen molar-refractivity contribution in [3.8, 4) is 5.75 Å². The molecule has 0 aliphatic carbocycles. The number of rotatable bonds is 8. The Balaban J connectivity index is 1.49. The predicted octanol–water partition coefficient (Wildman–Crippen LogP) is 5.85. The van der Waals surface area contributed by atoms with Crippen LogP contribution in [0.5, 0.6) is 5.75 Å². The van der Waals surface area contributed by atoms with Crippen molar-refractivity contribution < 1.29 is 9.90 Å². The third kappa shape index (κ3) is 6.61. The predicted molar refractivity (Wildman–Crippen MR) is 123 cm³/mol. The molecule has 0 saturated carbocycles. The number of hydrazone groups is 1. The lowest BCUT2D eigenvalue weighted by Gasteiger charge is -2.02. The summed E-state index contributed by atoms with van der Waals surface area (Å²) in [5.74, 6) is -0.468. The summed E-state index contributed by atoms with van der Waals surface area (Å²) in [6.45, 7) is 0. The monoisotopic (exact) mass is 418 g/mol. The molecule has 2 N–H and O–H groups in total. The highest BCUT2D eigenvalue weighted by Gasteiger charge is 2.07. The zero-order chi connectivity index (χ0) is 21.2. The highest BCUT2D eigenvalue weighted by Crippen LogP contribution is 2.23. The number of phenols is 1. The van der Waals surface area contributed by atoms with E-state index in [-0.39, 0.29) is 10.8 Å². The fourth-order valence-electron chi connectivity index (χ4n) is 2.91. The van der Waals surface area contributed by atoms with Crippen LogP contribution < -0.4 is 5.43 Å². The third-order valence-corrected chi connectivity index (χ3v) is 4.79. The number of nitrogens with one attached hydrogen (secondary N) is 1. The summed E-state index contributed by atoms with van der Waals surface area (Å²) in [4.78, 5) is 12.1. The van der Waals surface area contributed by atoms with E-state index in [1.54, 1.807) is 6.21 Å². The molecule has 0 bridgehead atoms. The first-order valence-corrected chi connectivity index (χ1v) is 10.1. The van der Waals surface area contributed by atoms with Gasteiger partial charge in [-0.05, 0) is 60.2 Å². The van der Waals surface area contributed by atoms with Crippen LogP contribution in [0.1, 0.15) is 39.9 Å². The standard InChI is InChI=1S/C25H23ClN2O2/c26-23-17-22(14-15-24(23)29)25(30)28-27-18-21-13-7-12-20(16-21)11-6-2-5-10-19-8-3-1-4-9-19/h1,3-4,6-9,11-18,29H,2,5,10H2,(H,28,30)/b11-6+,27-18+. The van der Waals surface area contributed by atoms with Gasteiger partial charge in [-0.1, -0.05) is 72.3 Å². The van der Waals surface area contributed by atoms with Gasteiger partial charge in [-0.2, -0.15) is 5.10 Å². The average molecular weight is 419 g/mol. The number of aryl methyl sites for hydroxylation is 1. The minimum absolute atomic E-state index is 0.0679. The number of allylic oxidation sites excluding steroid dienone is 1. The van der Waals surface area contributed by atoms with Crippen LogP contribution in [0, 0.1) is 0 Å². The van der Waals surface area contributed by atoms with Crippen molar-refractivity contribution in [2.45, 2.75) is 19.3 Å². The molecular formula is C25H23ClN2O2. The fraction of sp³-hybridized carbons (Fsp3) is 0.120. The number of unbranched alkanes of at least 4 members (excludes halogenated alkanes) is 1. The highest BCUT2D eigenvalue weighted by atomic mass is 35.5. The van der Waals surface area contributed by atoms with Crippen molar-refractivity contribution in [1.29, 1.82) is 0 Å². The van der Waals surface area contributed by atoms with Gasteiger partial charge in [0.05, 0.1) is 11.2 Å². The molecule has 152 valence electrons. The molecule has 5 heteroatoms. The van der Waals surface area contributed by atoms with Gasteiger partial charge in [0, 0.05) is 5.56 Å². The summed E-state index contributed by atoms with van der Waals surface area (Å²) >= 11 is 5.82. The zero-order valence-corrected chi connectivity index (χ0v) is 17.2. The number of benzene rings is 3. The molecule has 0 spiro atoms. The van der Waals surface area contributed by atoms with Gasteiger partial charge in [0.2, 0.25) is 0 Å². The molecule has 3 aromatic carbocycles. The summed E-state index contributed by atoms with van der Waals surface area (Å²) in [6, 6.07) is 22.6. The Morgan fingerprint density at radius 2 is 1.80 bits per heavy atom. The summed E-state index contributed by atoms with van der Waals surface area (Å²) in [5, 5.41) is 13.5. The van der Waals surface area contributed by atoms with Gasteiger partial charge in [0.25, 0.3) is 5.91 Å². The lowest BCUT2D eigenvalue weighted by Crippen LogP contribution is -2.17. The third-order valence-electron chi connectivity index (χ3n) is 4.49. The molecule has 0 radical (unpaired) electrons. The maximum atomic E-state index is 12.1. The zero-order valence-electron chi connectivity index (χ0n) is 16.5. The van der Waals surface area contributed by atoms with E-state index in [2.05, 4.69) is 46.9 Å². The van der Waals surface area contributed by atoms with E-state index < -0.39 is 5.91 Å². The smallest absolute Gasteiger partial charge is 0.271 e. The number of carbonyl (C=O) groups is 1. The summed E-state index contributed by atoms with van der Waals surface area (Å²) in [7, 11) is 0. The molecule has 0 heterocycles. The number of carbonyl (C=O) groups excluding carboxylic acids is 1. The molecule has 30 heavy (non-hydrogen) atoms. The molecule has 4 nitrogen and oxygen atoms in total. The number of phenolic OH excluding ortho intramolecular Hbond substituents is 1. The Kier molecular flexibility index (Phi) is 7.81. The minimum atomic E-state index is -0.400. The molecule has 0 aliphatic heterocycles. The van der Waals surface area contributed by atoms with Crippen molar-refractivity contribution in [2.75, 3.05) is 0 Å². The van der Waals surface area contributed by atoms with E-state index in [1.807, 2.05) is 30.3 Å². The van der Waals surface area contributed by atoms with E-state index >= 15 is 0 Å². The van der Waals surface area contributed by atoms with E-state index in [0.29, 0.717) is 5.56 Å². The number of nitrogens with zero attached hydrogens (tertiary/aromatic N) is 1. The topological polar surface area (TPSA) is 61.7 Å². The maximum absolute atomic E-state index is 12.1. The van der Waals surface area contributed by atoms with Gasteiger partial charge in [-0.15, -0.1) is 0 Å². The summed E-state index contributed by atoms with van der Waals surface area (Å²) in [5.41, 5.74) is 6.10. The Labute approximate surface area is 181 Å². The Morgan fingerprint density at radius 3 is 2.60 bits per heavy atom. The largest absolute Gasteiger partial charge is 0.506 e. The highest BCUT2D eigenvalue weighted by molar-refractivity contribution is 6.32. The lowest BCUT2D eigenvalue weighted by atomic mass is 10.1. The van der Waals surface area contributed by atoms with Gasteiger partial charge in [0.15, 0.2) is 0 Å².